The number of hydrogen-bond donors (Lipinski definition) is 4. The second-order valence-corrected chi connectivity index (χ2v) is 8.71. The first-order valence-corrected chi connectivity index (χ1v) is 10.6. The molecule has 0 unspecified atom stereocenters. The first-order chi connectivity index (χ1) is 15.3. The van der Waals surface area contributed by atoms with Gasteiger partial charge in [0.25, 0.3) is 5.91 Å². The molecule has 5 rings (SSSR count). The van der Waals surface area contributed by atoms with Crippen LogP contribution in [-0.4, -0.2) is 52.3 Å². The van der Waals surface area contributed by atoms with E-state index in [0.29, 0.717) is 59.6 Å². The fourth-order valence-corrected chi connectivity index (χ4v) is 4.08. The average molecular weight is 438 g/mol. The molecule has 2 atom stereocenters. The van der Waals surface area contributed by atoms with E-state index in [1.165, 1.54) is 0 Å². The minimum Gasteiger partial charge on any atom is -0.476 e. The van der Waals surface area contributed by atoms with E-state index < -0.39 is 11.7 Å². The molecule has 0 bridgehead atoms. The maximum Gasteiger partial charge on any atom is 0.268 e. The van der Waals surface area contributed by atoms with Crippen LogP contribution in [0.2, 0.25) is 0 Å². The van der Waals surface area contributed by atoms with Crippen LogP contribution in [0.4, 0.5) is 23.1 Å². The number of amides is 1. The second-order valence-electron chi connectivity index (χ2n) is 8.71. The average Bonchev–Trinajstić information content (AvgIpc) is 3.22. The normalized spacial score (nSPS) is 22.2. The number of furan rings is 1. The van der Waals surface area contributed by atoms with E-state index in [0.717, 1.165) is 6.42 Å². The van der Waals surface area contributed by atoms with Crippen molar-refractivity contribution in [2.24, 2.45) is 11.7 Å². The van der Waals surface area contributed by atoms with E-state index in [9.17, 15) is 9.90 Å². The van der Waals surface area contributed by atoms with Crippen LogP contribution < -0.4 is 26.0 Å². The van der Waals surface area contributed by atoms with Gasteiger partial charge in [0.1, 0.15) is 11.3 Å². The Balaban J connectivity index is 1.44. The summed E-state index contributed by atoms with van der Waals surface area (Å²) < 4.78 is 11.4. The lowest BCUT2D eigenvalue weighted by molar-refractivity contribution is -0.129. The number of nitrogens with zero attached hydrogens (tertiary/aromatic N) is 3. The SMILES string of the molecule is CC1(C)Oc2ccc(Nc3nc(N4CC[C@@H](CN)[C@H](O)C4)c4occc4n3)cc2NC1=O. The Hall–Kier alpha value is -3.37. The van der Waals surface area contributed by atoms with Crippen molar-refractivity contribution < 1.29 is 19.1 Å². The zero-order chi connectivity index (χ0) is 22.5. The predicted octanol–water partition coefficient (Wildman–Crippen LogP) is 2.22. The number of piperidine rings is 1. The Morgan fingerprint density at radius 1 is 1.34 bits per heavy atom. The quantitative estimate of drug-likeness (QED) is 0.483. The molecule has 0 aliphatic carbocycles. The first kappa shape index (κ1) is 20.5. The molecule has 3 aromatic rings. The zero-order valence-electron chi connectivity index (χ0n) is 18.0. The van der Waals surface area contributed by atoms with E-state index in [2.05, 4.69) is 20.6 Å². The van der Waals surface area contributed by atoms with Crippen molar-refractivity contribution in [1.82, 2.24) is 9.97 Å². The molecule has 2 aromatic heterocycles. The summed E-state index contributed by atoms with van der Waals surface area (Å²) in [6.45, 7) is 5.03. The summed E-state index contributed by atoms with van der Waals surface area (Å²) in [5.74, 6) is 1.47. The van der Waals surface area contributed by atoms with Gasteiger partial charge < -0.3 is 35.5 Å². The number of ether oxygens (including phenoxy) is 1. The van der Waals surface area contributed by atoms with Crippen LogP contribution in [0.3, 0.4) is 0 Å². The zero-order valence-corrected chi connectivity index (χ0v) is 18.0. The van der Waals surface area contributed by atoms with Gasteiger partial charge in [0.05, 0.1) is 18.1 Å². The highest BCUT2D eigenvalue weighted by molar-refractivity contribution is 6.00. The van der Waals surface area contributed by atoms with Gasteiger partial charge in [-0.2, -0.15) is 4.98 Å². The van der Waals surface area contributed by atoms with Crippen molar-refractivity contribution in [2.75, 3.05) is 35.2 Å². The van der Waals surface area contributed by atoms with Crippen molar-refractivity contribution >= 4 is 40.1 Å². The number of β-amino-alcohol motifs (C(OH)–C–C–N with tert-alkyl or cyclic N) is 1. The monoisotopic (exact) mass is 438 g/mol. The van der Waals surface area contributed by atoms with Crippen molar-refractivity contribution in [3.05, 3.63) is 30.5 Å². The molecular formula is C22H26N6O4. The highest BCUT2D eigenvalue weighted by Gasteiger charge is 2.35. The van der Waals surface area contributed by atoms with E-state index in [-0.39, 0.29) is 11.8 Å². The van der Waals surface area contributed by atoms with Gasteiger partial charge in [-0.25, -0.2) is 4.98 Å². The third-order valence-corrected chi connectivity index (χ3v) is 6.01. The van der Waals surface area contributed by atoms with Crippen LogP contribution in [-0.2, 0) is 4.79 Å². The number of nitrogens with two attached hydrogens (primary N) is 1. The molecule has 4 heterocycles. The van der Waals surface area contributed by atoms with Gasteiger partial charge >= 0.3 is 0 Å². The molecule has 1 aromatic carbocycles. The Kier molecular flexibility index (Phi) is 4.90. The number of fused-ring (bicyclic) bond motifs is 2. The molecule has 0 radical (unpaired) electrons. The Morgan fingerprint density at radius 3 is 2.97 bits per heavy atom. The number of aromatic nitrogens is 2. The number of aliphatic hydroxyl groups excluding tert-OH is 1. The standard InChI is InChI=1S/C22H26N6O4/c1-22(2)20(30)25-15-9-13(3-4-17(15)32-22)24-21-26-14-6-8-31-18(14)19(27-21)28-7-5-12(10-23)16(29)11-28/h3-4,6,8-9,12,16,29H,5,7,10-11,23H2,1-2H3,(H,25,30)(H,24,26,27)/t12-,16+/m0/s1. The maximum atomic E-state index is 12.2. The Bertz CT molecular complexity index is 1180. The number of benzene rings is 1. The van der Waals surface area contributed by atoms with Gasteiger partial charge in [0.2, 0.25) is 5.95 Å². The summed E-state index contributed by atoms with van der Waals surface area (Å²) in [7, 11) is 0. The maximum absolute atomic E-state index is 12.2. The lowest BCUT2D eigenvalue weighted by atomic mass is 9.94. The minimum atomic E-state index is -0.922. The number of anilines is 4. The van der Waals surface area contributed by atoms with Crippen LogP contribution in [0, 0.1) is 5.92 Å². The summed E-state index contributed by atoms with van der Waals surface area (Å²) in [5.41, 5.74) is 7.35. The molecule has 1 saturated heterocycles. The number of carbonyl (C=O) groups excluding carboxylic acids is 1. The topological polar surface area (TPSA) is 139 Å². The molecule has 2 aliphatic heterocycles. The number of rotatable bonds is 4. The van der Waals surface area contributed by atoms with Gasteiger partial charge in [0.15, 0.2) is 17.0 Å². The summed E-state index contributed by atoms with van der Waals surface area (Å²) in [5, 5.41) is 16.5. The fourth-order valence-electron chi connectivity index (χ4n) is 4.08. The molecule has 10 nitrogen and oxygen atoms in total. The lowest BCUT2D eigenvalue weighted by Gasteiger charge is -2.36. The Labute approximate surface area is 184 Å². The summed E-state index contributed by atoms with van der Waals surface area (Å²) in [4.78, 5) is 23.4. The molecular weight excluding hydrogens is 412 g/mol. The first-order valence-electron chi connectivity index (χ1n) is 10.6. The number of carbonyl (C=O) groups is 1. The molecule has 10 heteroatoms. The van der Waals surface area contributed by atoms with Crippen molar-refractivity contribution in [3.8, 4) is 5.75 Å². The van der Waals surface area contributed by atoms with Crippen molar-refractivity contribution in [2.45, 2.75) is 32.0 Å². The fraction of sp³-hybridized carbons (Fsp3) is 0.409. The Morgan fingerprint density at radius 2 is 2.19 bits per heavy atom. The number of nitrogens with one attached hydrogen (secondary N) is 2. The van der Waals surface area contributed by atoms with Crippen LogP contribution in [0.1, 0.15) is 20.3 Å². The van der Waals surface area contributed by atoms with Gasteiger partial charge in [-0.05, 0) is 45.0 Å². The van der Waals surface area contributed by atoms with E-state index in [4.69, 9.17) is 14.9 Å². The van der Waals surface area contributed by atoms with Crippen LogP contribution >= 0.6 is 0 Å². The predicted molar refractivity (Wildman–Crippen MR) is 120 cm³/mol. The van der Waals surface area contributed by atoms with Gasteiger partial charge in [-0.1, -0.05) is 0 Å². The molecule has 1 fully saturated rings. The van der Waals surface area contributed by atoms with Crippen molar-refractivity contribution in [3.63, 3.8) is 0 Å². The molecule has 0 saturated carbocycles. The van der Waals surface area contributed by atoms with Crippen LogP contribution in [0.5, 0.6) is 5.75 Å². The third kappa shape index (κ3) is 3.61. The second kappa shape index (κ2) is 7.64. The lowest BCUT2D eigenvalue weighted by Crippen LogP contribution is -2.46. The number of hydrogen-bond acceptors (Lipinski definition) is 9. The van der Waals surface area contributed by atoms with Gasteiger partial charge in [-0.3, -0.25) is 4.79 Å². The van der Waals surface area contributed by atoms with Crippen LogP contribution in [0.15, 0.2) is 34.9 Å². The highest BCUT2D eigenvalue weighted by Crippen LogP contribution is 2.36. The summed E-state index contributed by atoms with van der Waals surface area (Å²) in [6, 6.07) is 7.19. The van der Waals surface area contributed by atoms with Gasteiger partial charge in [0, 0.05) is 30.8 Å². The smallest absolute Gasteiger partial charge is 0.268 e. The van der Waals surface area contributed by atoms with Crippen molar-refractivity contribution in [1.29, 1.82) is 0 Å². The van der Waals surface area contributed by atoms with Gasteiger partial charge in [-0.15, -0.1) is 0 Å². The summed E-state index contributed by atoms with van der Waals surface area (Å²) in [6.07, 6.45) is 1.81. The van der Waals surface area contributed by atoms with E-state index >= 15 is 0 Å². The molecule has 0 spiro atoms. The third-order valence-electron chi connectivity index (χ3n) is 6.01. The highest BCUT2D eigenvalue weighted by atomic mass is 16.5. The molecule has 168 valence electrons. The van der Waals surface area contributed by atoms with E-state index in [1.54, 1.807) is 38.3 Å². The molecule has 2 aliphatic rings. The number of aliphatic hydroxyl groups is 1. The summed E-state index contributed by atoms with van der Waals surface area (Å²) >= 11 is 0. The molecule has 5 N–H and O–H groups in total. The minimum absolute atomic E-state index is 0.0793. The molecule has 1 amide bonds. The van der Waals surface area contributed by atoms with Crippen LogP contribution in [0.25, 0.3) is 11.1 Å². The molecule has 32 heavy (non-hydrogen) atoms. The van der Waals surface area contributed by atoms with E-state index in [1.807, 2.05) is 11.0 Å². The largest absolute Gasteiger partial charge is 0.476 e.